The molecular formula is C15H18O5S. The number of thiophene rings is 1. The van der Waals surface area contributed by atoms with Crippen molar-refractivity contribution in [3.63, 3.8) is 0 Å². The fourth-order valence-corrected chi connectivity index (χ4v) is 3.04. The Kier molecular flexibility index (Phi) is 5.55. The SMILES string of the molecule is COCOc1ccc(CC(OC)C(=O)OC)c2sccc12. The first-order chi connectivity index (χ1) is 10.2. The molecule has 0 radical (unpaired) electrons. The summed E-state index contributed by atoms with van der Waals surface area (Å²) in [7, 11) is 4.44. The number of hydrogen-bond acceptors (Lipinski definition) is 6. The molecule has 0 saturated carbocycles. The number of methoxy groups -OCH3 is 3. The van der Waals surface area contributed by atoms with Crippen molar-refractivity contribution in [2.45, 2.75) is 12.5 Å². The number of ether oxygens (including phenoxy) is 4. The van der Waals surface area contributed by atoms with E-state index in [1.54, 1.807) is 18.4 Å². The van der Waals surface area contributed by atoms with Crippen LogP contribution in [0.15, 0.2) is 23.6 Å². The quantitative estimate of drug-likeness (QED) is 0.581. The molecule has 1 unspecified atom stereocenters. The molecule has 0 aliphatic rings. The molecule has 21 heavy (non-hydrogen) atoms. The molecule has 6 heteroatoms. The first kappa shape index (κ1) is 15.8. The van der Waals surface area contributed by atoms with E-state index in [0.29, 0.717) is 6.42 Å². The van der Waals surface area contributed by atoms with Crippen LogP contribution in [0.25, 0.3) is 10.1 Å². The normalized spacial score (nSPS) is 12.3. The van der Waals surface area contributed by atoms with E-state index in [4.69, 9.17) is 18.9 Å². The van der Waals surface area contributed by atoms with Crippen LogP contribution < -0.4 is 4.74 Å². The second-order valence-corrected chi connectivity index (χ2v) is 5.30. The van der Waals surface area contributed by atoms with E-state index in [2.05, 4.69) is 0 Å². The summed E-state index contributed by atoms with van der Waals surface area (Å²) in [5.41, 5.74) is 1.03. The van der Waals surface area contributed by atoms with Gasteiger partial charge in [0.2, 0.25) is 0 Å². The van der Waals surface area contributed by atoms with Gasteiger partial charge in [-0.2, -0.15) is 0 Å². The molecule has 0 fully saturated rings. The third kappa shape index (κ3) is 3.53. The number of benzene rings is 1. The summed E-state index contributed by atoms with van der Waals surface area (Å²) in [5, 5.41) is 3.00. The maximum atomic E-state index is 11.6. The lowest BCUT2D eigenvalue weighted by molar-refractivity contribution is -0.152. The zero-order valence-electron chi connectivity index (χ0n) is 12.3. The van der Waals surface area contributed by atoms with Crippen molar-refractivity contribution >= 4 is 27.4 Å². The van der Waals surface area contributed by atoms with Crippen molar-refractivity contribution in [3.05, 3.63) is 29.1 Å². The van der Waals surface area contributed by atoms with Crippen LogP contribution in [-0.4, -0.2) is 40.2 Å². The Morgan fingerprint density at radius 1 is 1.24 bits per heavy atom. The minimum Gasteiger partial charge on any atom is -0.467 e. The van der Waals surface area contributed by atoms with Gasteiger partial charge < -0.3 is 18.9 Å². The van der Waals surface area contributed by atoms with Gasteiger partial charge in [-0.3, -0.25) is 0 Å². The molecule has 1 atom stereocenters. The molecule has 2 aromatic rings. The van der Waals surface area contributed by atoms with Gasteiger partial charge in [-0.1, -0.05) is 6.07 Å². The second-order valence-electron chi connectivity index (χ2n) is 4.39. The van der Waals surface area contributed by atoms with Crippen LogP contribution in [0, 0.1) is 0 Å². The van der Waals surface area contributed by atoms with Gasteiger partial charge in [-0.05, 0) is 23.1 Å². The largest absolute Gasteiger partial charge is 0.467 e. The van der Waals surface area contributed by atoms with E-state index in [-0.39, 0.29) is 12.8 Å². The summed E-state index contributed by atoms with van der Waals surface area (Å²) in [6.07, 6.45) is -0.142. The van der Waals surface area contributed by atoms with Gasteiger partial charge >= 0.3 is 5.97 Å². The minimum atomic E-state index is -0.606. The highest BCUT2D eigenvalue weighted by Gasteiger charge is 2.21. The van der Waals surface area contributed by atoms with Crippen LogP contribution in [-0.2, 0) is 25.4 Å². The van der Waals surface area contributed by atoms with Crippen LogP contribution >= 0.6 is 11.3 Å². The summed E-state index contributed by atoms with van der Waals surface area (Å²) in [6, 6.07) is 5.82. The Morgan fingerprint density at radius 2 is 2.05 bits per heavy atom. The third-order valence-electron chi connectivity index (χ3n) is 3.14. The molecule has 0 spiro atoms. The highest BCUT2D eigenvalue weighted by atomic mass is 32.1. The molecule has 0 N–H and O–H groups in total. The van der Waals surface area contributed by atoms with Gasteiger partial charge in [0, 0.05) is 30.7 Å². The molecular weight excluding hydrogens is 292 g/mol. The van der Waals surface area contributed by atoms with Gasteiger partial charge in [0.05, 0.1) is 7.11 Å². The molecule has 0 aliphatic heterocycles. The van der Waals surface area contributed by atoms with Crippen molar-refractivity contribution in [1.82, 2.24) is 0 Å². The predicted molar refractivity (Wildman–Crippen MR) is 80.8 cm³/mol. The van der Waals surface area contributed by atoms with Gasteiger partial charge in [-0.25, -0.2) is 4.79 Å². The Balaban J connectivity index is 2.29. The molecule has 1 heterocycles. The van der Waals surface area contributed by atoms with E-state index in [1.165, 1.54) is 14.2 Å². The number of carbonyl (C=O) groups excluding carboxylic acids is 1. The average Bonchev–Trinajstić information content (AvgIpc) is 3.00. The predicted octanol–water partition coefficient (Wildman–Crippen LogP) is 2.61. The number of rotatable bonds is 7. The third-order valence-corrected chi connectivity index (χ3v) is 4.13. The fourth-order valence-electron chi connectivity index (χ4n) is 2.10. The van der Waals surface area contributed by atoms with Crippen LogP contribution in [0.4, 0.5) is 0 Å². The molecule has 5 nitrogen and oxygen atoms in total. The lowest BCUT2D eigenvalue weighted by atomic mass is 10.1. The van der Waals surface area contributed by atoms with Crippen LogP contribution in [0.1, 0.15) is 5.56 Å². The molecule has 0 aliphatic carbocycles. The van der Waals surface area contributed by atoms with Crippen LogP contribution in [0.2, 0.25) is 0 Å². The maximum Gasteiger partial charge on any atom is 0.335 e. The fraction of sp³-hybridized carbons (Fsp3) is 0.400. The van der Waals surface area contributed by atoms with Crippen molar-refractivity contribution < 1.29 is 23.7 Å². The van der Waals surface area contributed by atoms with E-state index in [9.17, 15) is 4.79 Å². The number of hydrogen-bond donors (Lipinski definition) is 0. The van der Waals surface area contributed by atoms with Gasteiger partial charge in [-0.15, -0.1) is 11.3 Å². The molecule has 1 aromatic carbocycles. The Labute approximate surface area is 127 Å². The monoisotopic (exact) mass is 310 g/mol. The van der Waals surface area contributed by atoms with Crippen LogP contribution in [0.5, 0.6) is 5.75 Å². The summed E-state index contributed by atoms with van der Waals surface area (Å²) < 4.78 is 21.5. The standard InChI is InChI=1S/C15H18O5S/c1-17-9-20-12-5-4-10(14-11(12)6-7-21-14)8-13(18-2)15(16)19-3/h4-7,13H,8-9H2,1-3H3. The van der Waals surface area contributed by atoms with Gasteiger partial charge in [0.25, 0.3) is 0 Å². The van der Waals surface area contributed by atoms with Gasteiger partial charge in [0.15, 0.2) is 12.9 Å². The second kappa shape index (κ2) is 7.40. The van der Waals surface area contributed by atoms with Crippen molar-refractivity contribution in [1.29, 1.82) is 0 Å². The Morgan fingerprint density at radius 3 is 2.71 bits per heavy atom. The number of carbonyl (C=O) groups is 1. The van der Waals surface area contributed by atoms with E-state index in [1.807, 2.05) is 23.6 Å². The summed E-state index contributed by atoms with van der Waals surface area (Å²) >= 11 is 1.60. The topological polar surface area (TPSA) is 54.0 Å². The van der Waals surface area contributed by atoms with Crippen molar-refractivity contribution in [3.8, 4) is 5.75 Å². The summed E-state index contributed by atoms with van der Waals surface area (Å²) in [6.45, 7) is 0.202. The highest BCUT2D eigenvalue weighted by Crippen LogP contribution is 2.33. The van der Waals surface area contributed by atoms with E-state index < -0.39 is 6.10 Å². The zero-order valence-corrected chi connectivity index (χ0v) is 13.1. The minimum absolute atomic E-state index is 0.202. The molecule has 0 amide bonds. The molecule has 2 rings (SSSR count). The number of fused-ring (bicyclic) bond motifs is 1. The smallest absolute Gasteiger partial charge is 0.335 e. The average molecular weight is 310 g/mol. The summed E-state index contributed by atoms with van der Waals surface area (Å²) in [4.78, 5) is 11.6. The molecule has 0 saturated heterocycles. The van der Waals surface area contributed by atoms with Gasteiger partial charge in [0.1, 0.15) is 5.75 Å². The van der Waals surface area contributed by atoms with E-state index in [0.717, 1.165) is 21.4 Å². The van der Waals surface area contributed by atoms with E-state index >= 15 is 0 Å². The van der Waals surface area contributed by atoms with Crippen molar-refractivity contribution in [2.24, 2.45) is 0 Å². The maximum absolute atomic E-state index is 11.6. The first-order valence-corrected chi connectivity index (χ1v) is 7.30. The van der Waals surface area contributed by atoms with Crippen molar-refractivity contribution in [2.75, 3.05) is 28.1 Å². The Hall–Kier alpha value is -1.63. The highest BCUT2D eigenvalue weighted by molar-refractivity contribution is 7.17. The molecule has 0 bridgehead atoms. The lowest BCUT2D eigenvalue weighted by Gasteiger charge is -2.14. The lowest BCUT2D eigenvalue weighted by Crippen LogP contribution is -2.26. The molecule has 114 valence electrons. The zero-order chi connectivity index (χ0) is 15.2. The summed E-state index contributed by atoms with van der Waals surface area (Å²) in [5.74, 6) is 0.394. The number of esters is 1. The Bertz CT molecular complexity index is 607. The first-order valence-electron chi connectivity index (χ1n) is 6.42. The molecule has 1 aromatic heterocycles. The van der Waals surface area contributed by atoms with Crippen LogP contribution in [0.3, 0.4) is 0 Å².